The molecular formula is C16H22N2O5S. The first-order valence-corrected chi connectivity index (χ1v) is 9.96. The third-order valence-corrected chi connectivity index (χ3v) is 5.79. The zero-order chi connectivity index (χ0) is 16.8. The SMILES string of the molecule is CS(=O)(=O)NC[C@]12COC[C@H]1CN(Cc1ccc3c(c1)OCO3)C2. The molecule has 0 bridgehead atoms. The van der Waals surface area contributed by atoms with E-state index in [1.165, 1.54) is 11.8 Å². The molecule has 0 unspecified atom stereocenters. The van der Waals surface area contributed by atoms with Crippen LogP contribution in [0.2, 0.25) is 0 Å². The largest absolute Gasteiger partial charge is 0.454 e. The van der Waals surface area contributed by atoms with Gasteiger partial charge in [-0.1, -0.05) is 6.07 Å². The number of hydrogen-bond donors (Lipinski definition) is 1. The van der Waals surface area contributed by atoms with Crippen molar-refractivity contribution in [3.8, 4) is 11.5 Å². The van der Waals surface area contributed by atoms with Gasteiger partial charge in [-0.05, 0) is 17.7 Å². The van der Waals surface area contributed by atoms with Crippen LogP contribution < -0.4 is 14.2 Å². The number of fused-ring (bicyclic) bond motifs is 2. The minimum absolute atomic E-state index is 0.126. The van der Waals surface area contributed by atoms with Crippen LogP contribution in [0.4, 0.5) is 0 Å². The Morgan fingerprint density at radius 1 is 1.33 bits per heavy atom. The van der Waals surface area contributed by atoms with Crippen molar-refractivity contribution >= 4 is 10.0 Å². The zero-order valence-corrected chi connectivity index (χ0v) is 14.5. The first-order chi connectivity index (χ1) is 11.4. The van der Waals surface area contributed by atoms with Gasteiger partial charge in [-0.2, -0.15) is 0 Å². The van der Waals surface area contributed by atoms with Crippen LogP contribution in [0.1, 0.15) is 5.56 Å². The first kappa shape index (κ1) is 16.1. The Hall–Kier alpha value is -1.35. The second-order valence-corrected chi connectivity index (χ2v) is 8.86. The van der Waals surface area contributed by atoms with Gasteiger partial charge < -0.3 is 14.2 Å². The quantitative estimate of drug-likeness (QED) is 0.826. The normalized spacial score (nSPS) is 29.1. The minimum atomic E-state index is -3.19. The molecule has 4 rings (SSSR count). The maximum absolute atomic E-state index is 11.5. The molecule has 0 radical (unpaired) electrons. The monoisotopic (exact) mass is 354 g/mol. The Morgan fingerprint density at radius 3 is 3.00 bits per heavy atom. The fraction of sp³-hybridized carbons (Fsp3) is 0.625. The molecule has 8 heteroatoms. The molecule has 0 aliphatic carbocycles. The number of ether oxygens (including phenoxy) is 3. The molecule has 1 aromatic rings. The summed E-state index contributed by atoms with van der Waals surface area (Å²) in [7, 11) is -3.19. The minimum Gasteiger partial charge on any atom is -0.454 e. The summed E-state index contributed by atoms with van der Waals surface area (Å²) in [5.41, 5.74) is 1.05. The number of likely N-dealkylation sites (tertiary alicyclic amines) is 1. The van der Waals surface area contributed by atoms with Gasteiger partial charge in [0.15, 0.2) is 11.5 Å². The maximum atomic E-state index is 11.5. The average molecular weight is 354 g/mol. The maximum Gasteiger partial charge on any atom is 0.231 e. The lowest BCUT2D eigenvalue weighted by Crippen LogP contribution is -2.42. The molecule has 0 spiro atoms. The van der Waals surface area contributed by atoms with Crippen molar-refractivity contribution in [3.63, 3.8) is 0 Å². The van der Waals surface area contributed by atoms with Crippen molar-refractivity contribution in [1.82, 2.24) is 9.62 Å². The van der Waals surface area contributed by atoms with Crippen molar-refractivity contribution in [1.29, 1.82) is 0 Å². The van der Waals surface area contributed by atoms with Crippen molar-refractivity contribution in [2.24, 2.45) is 11.3 Å². The Morgan fingerprint density at radius 2 is 2.17 bits per heavy atom. The van der Waals surface area contributed by atoms with E-state index in [0.717, 1.165) is 31.1 Å². The molecule has 3 aliphatic rings. The summed E-state index contributed by atoms with van der Waals surface area (Å²) >= 11 is 0. The molecular weight excluding hydrogens is 332 g/mol. The molecule has 132 valence electrons. The van der Waals surface area contributed by atoms with Gasteiger partial charge in [0.25, 0.3) is 0 Å². The van der Waals surface area contributed by atoms with Crippen LogP contribution in [0, 0.1) is 11.3 Å². The Kier molecular flexibility index (Phi) is 3.95. The van der Waals surface area contributed by atoms with Gasteiger partial charge in [-0.25, -0.2) is 13.1 Å². The second kappa shape index (κ2) is 5.87. The van der Waals surface area contributed by atoms with Crippen LogP contribution in [0.5, 0.6) is 11.5 Å². The lowest BCUT2D eigenvalue weighted by atomic mass is 9.81. The molecule has 3 aliphatic heterocycles. The summed E-state index contributed by atoms with van der Waals surface area (Å²) in [6.07, 6.45) is 1.20. The Labute approximate surface area is 141 Å². The van der Waals surface area contributed by atoms with Crippen LogP contribution in [-0.4, -0.2) is 59.2 Å². The summed E-state index contributed by atoms with van der Waals surface area (Å²) in [5, 5.41) is 0. The predicted octanol–water partition coefficient (Wildman–Crippen LogP) is 0.413. The highest BCUT2D eigenvalue weighted by atomic mass is 32.2. The van der Waals surface area contributed by atoms with E-state index in [2.05, 4.69) is 15.7 Å². The predicted molar refractivity (Wildman–Crippen MR) is 87.4 cm³/mol. The zero-order valence-electron chi connectivity index (χ0n) is 13.7. The van der Waals surface area contributed by atoms with Gasteiger partial charge in [0.05, 0.1) is 19.5 Å². The van der Waals surface area contributed by atoms with Gasteiger partial charge in [0.1, 0.15) is 0 Å². The lowest BCUT2D eigenvalue weighted by Gasteiger charge is -2.27. The Bertz CT molecular complexity index is 738. The third kappa shape index (κ3) is 3.11. The molecule has 1 aromatic carbocycles. The van der Waals surface area contributed by atoms with E-state index in [0.29, 0.717) is 25.7 Å². The topological polar surface area (TPSA) is 77.1 Å². The van der Waals surface area contributed by atoms with Gasteiger partial charge in [0.2, 0.25) is 16.8 Å². The number of benzene rings is 1. The van der Waals surface area contributed by atoms with Gasteiger partial charge in [-0.15, -0.1) is 0 Å². The van der Waals surface area contributed by atoms with E-state index in [-0.39, 0.29) is 12.2 Å². The summed E-state index contributed by atoms with van der Waals surface area (Å²) < 4.78 is 42.0. The highest BCUT2D eigenvalue weighted by molar-refractivity contribution is 7.88. The van der Waals surface area contributed by atoms with E-state index < -0.39 is 10.0 Å². The number of nitrogens with zero attached hydrogens (tertiary/aromatic N) is 1. The molecule has 24 heavy (non-hydrogen) atoms. The molecule has 2 atom stereocenters. The highest BCUT2D eigenvalue weighted by Gasteiger charge is 2.50. The summed E-state index contributed by atoms with van der Waals surface area (Å²) in [5.74, 6) is 1.95. The van der Waals surface area contributed by atoms with Crippen molar-refractivity contribution in [2.45, 2.75) is 6.54 Å². The molecule has 0 aromatic heterocycles. The van der Waals surface area contributed by atoms with Crippen LogP contribution in [-0.2, 0) is 21.3 Å². The summed E-state index contributed by atoms with van der Waals surface area (Å²) in [4.78, 5) is 2.37. The number of rotatable bonds is 5. The molecule has 0 amide bonds. The first-order valence-electron chi connectivity index (χ1n) is 8.07. The highest BCUT2D eigenvalue weighted by Crippen LogP contribution is 2.42. The fourth-order valence-electron chi connectivity index (χ4n) is 3.89. The van der Waals surface area contributed by atoms with E-state index in [1.807, 2.05) is 12.1 Å². The van der Waals surface area contributed by atoms with Crippen molar-refractivity contribution in [2.75, 3.05) is 45.9 Å². The van der Waals surface area contributed by atoms with Crippen molar-refractivity contribution < 1.29 is 22.6 Å². The van der Waals surface area contributed by atoms with Gasteiger partial charge in [-0.3, -0.25) is 4.90 Å². The van der Waals surface area contributed by atoms with Crippen molar-refractivity contribution in [3.05, 3.63) is 23.8 Å². The van der Waals surface area contributed by atoms with E-state index in [4.69, 9.17) is 14.2 Å². The van der Waals surface area contributed by atoms with Crippen LogP contribution in [0.3, 0.4) is 0 Å². The number of nitrogens with one attached hydrogen (secondary N) is 1. The van der Waals surface area contributed by atoms with Gasteiger partial charge >= 0.3 is 0 Å². The van der Waals surface area contributed by atoms with E-state index in [1.54, 1.807) is 0 Å². The molecule has 3 heterocycles. The number of sulfonamides is 1. The summed E-state index contributed by atoms with van der Waals surface area (Å²) in [6.45, 7) is 4.58. The molecule has 2 saturated heterocycles. The number of hydrogen-bond acceptors (Lipinski definition) is 6. The summed E-state index contributed by atoms with van der Waals surface area (Å²) in [6, 6.07) is 6.02. The fourth-order valence-corrected chi connectivity index (χ4v) is 4.44. The standard InChI is InChI=1S/C16H22N2O5S/c1-24(19,20)17-8-16-9-18(6-13(16)7-21-10-16)5-12-2-3-14-15(4-12)23-11-22-14/h2-4,13,17H,5-11H2,1H3/t13-,16+/m1/s1. The molecule has 2 fully saturated rings. The van der Waals surface area contributed by atoms with E-state index in [9.17, 15) is 8.42 Å². The molecule has 1 N–H and O–H groups in total. The third-order valence-electron chi connectivity index (χ3n) is 5.12. The van der Waals surface area contributed by atoms with Gasteiger partial charge in [0, 0.05) is 37.5 Å². The molecule has 7 nitrogen and oxygen atoms in total. The van der Waals surface area contributed by atoms with Crippen LogP contribution in [0.25, 0.3) is 0 Å². The smallest absolute Gasteiger partial charge is 0.231 e. The second-order valence-electron chi connectivity index (χ2n) is 7.02. The lowest BCUT2D eigenvalue weighted by molar-refractivity contribution is 0.128. The van der Waals surface area contributed by atoms with E-state index >= 15 is 0 Å². The van der Waals surface area contributed by atoms with Crippen LogP contribution >= 0.6 is 0 Å². The van der Waals surface area contributed by atoms with Crippen LogP contribution in [0.15, 0.2) is 18.2 Å². The average Bonchev–Trinajstić information content (AvgIpc) is 3.17. The molecule has 0 saturated carbocycles. The Balaban J connectivity index is 1.45.